The molecule has 0 spiro atoms. The first-order valence-electron chi connectivity index (χ1n) is 6.42. The summed E-state index contributed by atoms with van der Waals surface area (Å²) in [7, 11) is 0. The Bertz CT molecular complexity index is 467. The van der Waals surface area contributed by atoms with Crippen molar-refractivity contribution in [2.24, 2.45) is 0 Å². The Morgan fingerprint density at radius 2 is 2.32 bits per heavy atom. The van der Waals surface area contributed by atoms with Crippen LogP contribution in [0.2, 0.25) is 0 Å². The normalized spacial score (nSPS) is 14.6. The van der Waals surface area contributed by atoms with Gasteiger partial charge >= 0.3 is 5.97 Å². The van der Waals surface area contributed by atoms with Gasteiger partial charge in [0.25, 0.3) is 5.91 Å². The highest BCUT2D eigenvalue weighted by molar-refractivity contribution is 6.02. The van der Waals surface area contributed by atoms with Crippen LogP contribution in [0.1, 0.15) is 40.7 Å². The zero-order valence-corrected chi connectivity index (χ0v) is 10.8. The van der Waals surface area contributed by atoms with Gasteiger partial charge in [0.1, 0.15) is 0 Å². The number of nitrogens with zero attached hydrogens (tertiary/aromatic N) is 2. The van der Waals surface area contributed by atoms with Crippen LogP contribution in [0.15, 0.2) is 6.33 Å². The van der Waals surface area contributed by atoms with Crippen LogP contribution < -0.4 is 5.32 Å². The standard InChI is InChI=1S/C12H18N4O3/c1-2-16(8-3-4-8)6-5-13-11(17)9-10(12(18)19)15-7-14-9/h7-8H,2-6H2,1H3,(H,13,17)(H,14,15)(H,18,19). The maximum atomic E-state index is 11.8. The molecule has 19 heavy (non-hydrogen) atoms. The summed E-state index contributed by atoms with van der Waals surface area (Å²) in [5.41, 5.74) is -0.242. The summed E-state index contributed by atoms with van der Waals surface area (Å²) < 4.78 is 0. The lowest BCUT2D eigenvalue weighted by molar-refractivity contribution is 0.0685. The second-order valence-corrected chi connectivity index (χ2v) is 4.55. The average Bonchev–Trinajstić information content (AvgIpc) is 3.09. The number of carbonyl (C=O) groups excluding carboxylic acids is 1. The molecule has 1 aromatic heterocycles. The third kappa shape index (κ3) is 3.31. The first-order valence-corrected chi connectivity index (χ1v) is 6.42. The molecular weight excluding hydrogens is 248 g/mol. The maximum Gasteiger partial charge on any atom is 0.354 e. The summed E-state index contributed by atoms with van der Waals surface area (Å²) in [6.07, 6.45) is 3.66. The molecule has 1 saturated carbocycles. The number of carbonyl (C=O) groups is 2. The van der Waals surface area contributed by atoms with Crippen LogP contribution >= 0.6 is 0 Å². The number of nitrogens with one attached hydrogen (secondary N) is 2. The number of hydrogen-bond donors (Lipinski definition) is 3. The second-order valence-electron chi connectivity index (χ2n) is 4.55. The molecule has 2 rings (SSSR count). The van der Waals surface area contributed by atoms with Gasteiger partial charge in [-0.2, -0.15) is 0 Å². The van der Waals surface area contributed by atoms with E-state index in [2.05, 4.69) is 27.1 Å². The predicted octanol–water partition coefficient (Wildman–Crippen LogP) is 0.322. The Labute approximate surface area is 111 Å². The summed E-state index contributed by atoms with van der Waals surface area (Å²) in [5, 5.41) is 11.6. The van der Waals surface area contributed by atoms with Crippen molar-refractivity contribution in [3.63, 3.8) is 0 Å². The van der Waals surface area contributed by atoms with Crippen molar-refractivity contribution in [1.29, 1.82) is 0 Å². The van der Waals surface area contributed by atoms with Gasteiger partial charge in [0.15, 0.2) is 11.4 Å². The number of imidazole rings is 1. The van der Waals surface area contributed by atoms with E-state index in [-0.39, 0.29) is 11.4 Å². The van der Waals surface area contributed by atoms with E-state index in [1.165, 1.54) is 19.2 Å². The molecule has 1 aliphatic rings. The van der Waals surface area contributed by atoms with Crippen molar-refractivity contribution in [1.82, 2.24) is 20.2 Å². The molecule has 1 fully saturated rings. The molecule has 0 saturated heterocycles. The molecule has 0 aliphatic heterocycles. The second kappa shape index (κ2) is 5.83. The lowest BCUT2D eigenvalue weighted by Gasteiger charge is -2.19. The van der Waals surface area contributed by atoms with Gasteiger partial charge in [0.2, 0.25) is 0 Å². The van der Waals surface area contributed by atoms with Crippen molar-refractivity contribution >= 4 is 11.9 Å². The lowest BCUT2D eigenvalue weighted by Crippen LogP contribution is -2.36. The highest BCUT2D eigenvalue weighted by Gasteiger charge is 2.27. The molecule has 0 radical (unpaired) electrons. The van der Waals surface area contributed by atoms with E-state index < -0.39 is 11.9 Å². The van der Waals surface area contributed by atoms with Gasteiger partial charge in [-0.1, -0.05) is 6.92 Å². The summed E-state index contributed by atoms with van der Waals surface area (Å²) in [6, 6.07) is 0.655. The Hall–Kier alpha value is -1.89. The van der Waals surface area contributed by atoms with E-state index in [0.29, 0.717) is 12.6 Å². The molecule has 0 aromatic carbocycles. The molecule has 3 N–H and O–H groups in total. The van der Waals surface area contributed by atoms with Crippen LogP contribution in [0.4, 0.5) is 0 Å². The van der Waals surface area contributed by atoms with Crippen molar-refractivity contribution in [2.45, 2.75) is 25.8 Å². The Morgan fingerprint density at radius 3 is 2.89 bits per heavy atom. The van der Waals surface area contributed by atoms with E-state index >= 15 is 0 Å². The molecule has 7 heteroatoms. The third-order valence-corrected chi connectivity index (χ3v) is 3.22. The summed E-state index contributed by atoms with van der Waals surface area (Å²) >= 11 is 0. The Morgan fingerprint density at radius 1 is 1.58 bits per heavy atom. The van der Waals surface area contributed by atoms with E-state index in [1.54, 1.807) is 0 Å². The first-order chi connectivity index (χ1) is 9.13. The fourth-order valence-corrected chi connectivity index (χ4v) is 2.06. The molecule has 0 bridgehead atoms. The van der Waals surface area contributed by atoms with Gasteiger partial charge in [0, 0.05) is 19.1 Å². The molecule has 104 valence electrons. The van der Waals surface area contributed by atoms with Crippen LogP contribution in [0.5, 0.6) is 0 Å². The number of rotatable bonds is 7. The highest BCUT2D eigenvalue weighted by atomic mass is 16.4. The van der Waals surface area contributed by atoms with Gasteiger partial charge in [-0.05, 0) is 19.4 Å². The van der Waals surface area contributed by atoms with Crippen molar-refractivity contribution < 1.29 is 14.7 Å². The van der Waals surface area contributed by atoms with Crippen molar-refractivity contribution in [3.05, 3.63) is 17.7 Å². The molecular formula is C12H18N4O3. The Balaban J connectivity index is 1.83. The number of aromatic carboxylic acids is 1. The molecule has 0 unspecified atom stereocenters. The predicted molar refractivity (Wildman–Crippen MR) is 68.1 cm³/mol. The Kier molecular flexibility index (Phi) is 4.16. The minimum Gasteiger partial charge on any atom is -0.477 e. The van der Waals surface area contributed by atoms with Crippen LogP contribution in [0.25, 0.3) is 0 Å². The van der Waals surface area contributed by atoms with E-state index in [4.69, 9.17) is 5.11 Å². The van der Waals surface area contributed by atoms with Gasteiger partial charge in [-0.15, -0.1) is 0 Å². The van der Waals surface area contributed by atoms with Gasteiger partial charge in [0.05, 0.1) is 6.33 Å². The largest absolute Gasteiger partial charge is 0.477 e. The lowest BCUT2D eigenvalue weighted by atomic mass is 10.3. The summed E-state index contributed by atoms with van der Waals surface area (Å²) in [6.45, 7) is 4.33. The van der Waals surface area contributed by atoms with Crippen LogP contribution in [0.3, 0.4) is 0 Å². The zero-order chi connectivity index (χ0) is 13.8. The zero-order valence-electron chi connectivity index (χ0n) is 10.8. The molecule has 1 aromatic rings. The monoisotopic (exact) mass is 266 g/mol. The van der Waals surface area contributed by atoms with Gasteiger partial charge in [-0.3, -0.25) is 9.69 Å². The van der Waals surface area contributed by atoms with E-state index in [9.17, 15) is 9.59 Å². The average molecular weight is 266 g/mol. The van der Waals surface area contributed by atoms with E-state index in [1.807, 2.05) is 0 Å². The maximum absolute atomic E-state index is 11.8. The van der Waals surface area contributed by atoms with Crippen molar-refractivity contribution in [3.8, 4) is 0 Å². The topological polar surface area (TPSA) is 98.3 Å². The number of carboxylic acid groups (broad SMARTS) is 1. The summed E-state index contributed by atoms with van der Waals surface area (Å²) in [5.74, 6) is -1.64. The molecule has 7 nitrogen and oxygen atoms in total. The number of aromatic nitrogens is 2. The highest BCUT2D eigenvalue weighted by Crippen LogP contribution is 2.25. The number of carboxylic acids is 1. The first kappa shape index (κ1) is 13.5. The van der Waals surface area contributed by atoms with Gasteiger partial charge in [-0.25, -0.2) is 9.78 Å². The molecule has 1 heterocycles. The quantitative estimate of drug-likeness (QED) is 0.660. The van der Waals surface area contributed by atoms with Crippen molar-refractivity contribution in [2.75, 3.05) is 19.6 Å². The number of likely N-dealkylation sites (N-methyl/N-ethyl adjacent to an activating group) is 1. The van der Waals surface area contributed by atoms with Crippen LogP contribution in [0, 0.1) is 0 Å². The molecule has 1 aliphatic carbocycles. The minimum absolute atomic E-state index is 0.0676. The number of amides is 1. The number of H-pyrrole nitrogens is 1. The summed E-state index contributed by atoms with van der Waals surface area (Å²) in [4.78, 5) is 31.2. The van der Waals surface area contributed by atoms with Crippen LogP contribution in [-0.2, 0) is 0 Å². The minimum atomic E-state index is -1.18. The fraction of sp³-hybridized carbons (Fsp3) is 0.583. The smallest absolute Gasteiger partial charge is 0.354 e. The van der Waals surface area contributed by atoms with E-state index in [0.717, 1.165) is 13.1 Å². The SMILES string of the molecule is CCN(CCNC(=O)c1nc[nH]c1C(=O)O)C1CC1. The number of aromatic amines is 1. The fourth-order valence-electron chi connectivity index (χ4n) is 2.06. The molecule has 0 atom stereocenters. The number of hydrogen-bond acceptors (Lipinski definition) is 4. The third-order valence-electron chi connectivity index (χ3n) is 3.22. The van der Waals surface area contributed by atoms with Gasteiger partial charge < -0.3 is 15.4 Å². The molecule has 1 amide bonds. The van der Waals surface area contributed by atoms with Crippen LogP contribution in [-0.4, -0.2) is 57.5 Å².